The van der Waals surface area contributed by atoms with E-state index in [9.17, 15) is 0 Å². The molecule has 2 nitrogen and oxygen atoms in total. The molecule has 0 spiro atoms. The Bertz CT molecular complexity index is 365. The summed E-state index contributed by atoms with van der Waals surface area (Å²) >= 11 is 0. The van der Waals surface area contributed by atoms with Crippen LogP contribution in [0.3, 0.4) is 0 Å². The summed E-state index contributed by atoms with van der Waals surface area (Å²) in [7, 11) is 0. The molecule has 1 aromatic carbocycles. The lowest BCUT2D eigenvalue weighted by Crippen LogP contribution is -1.95. The molecular formula is C11H7N2-. The van der Waals surface area contributed by atoms with E-state index in [4.69, 9.17) is 17.1 Å². The molecule has 0 saturated heterocycles. The van der Waals surface area contributed by atoms with Crippen LogP contribution in [-0.4, -0.2) is 0 Å². The minimum atomic E-state index is -0.859. The summed E-state index contributed by atoms with van der Waals surface area (Å²) in [6.45, 7) is 5.63. The normalized spacial score (nSPS) is 8.85. The zero-order valence-electron chi connectivity index (χ0n) is 6.94. The van der Waals surface area contributed by atoms with E-state index in [1.807, 2.05) is 30.3 Å². The van der Waals surface area contributed by atoms with Gasteiger partial charge in [0.25, 0.3) is 0 Å². The summed E-state index contributed by atoms with van der Waals surface area (Å²) in [5, 5.41) is 17.2. The highest BCUT2D eigenvalue weighted by Crippen LogP contribution is 2.19. The average Bonchev–Trinajstić information content (AvgIpc) is 2.21. The summed E-state index contributed by atoms with van der Waals surface area (Å²) in [5.41, 5.74) is 1.04. The standard InChI is InChI=1S/C11H7N2/c1-9(11(7-12)8-13)10-5-3-2-4-6-10/h1-6,11H/q-1. The van der Waals surface area contributed by atoms with Crippen molar-refractivity contribution in [2.24, 2.45) is 5.92 Å². The maximum absolute atomic E-state index is 8.58. The Hall–Kier alpha value is -2.06. The molecule has 2 heteroatoms. The number of allylic oxidation sites excluding steroid dienone is 1. The highest BCUT2D eigenvalue weighted by molar-refractivity contribution is 5.68. The Morgan fingerprint density at radius 1 is 1.15 bits per heavy atom. The fourth-order valence-corrected chi connectivity index (χ4v) is 0.965. The van der Waals surface area contributed by atoms with Gasteiger partial charge in [0, 0.05) is 0 Å². The van der Waals surface area contributed by atoms with Crippen LogP contribution in [0, 0.1) is 35.2 Å². The summed E-state index contributed by atoms with van der Waals surface area (Å²) in [4.78, 5) is 0. The molecule has 0 fully saturated rings. The van der Waals surface area contributed by atoms with Crippen LogP contribution < -0.4 is 0 Å². The molecule has 0 aliphatic heterocycles. The van der Waals surface area contributed by atoms with Gasteiger partial charge in [-0.1, -0.05) is 18.2 Å². The molecule has 62 valence electrons. The maximum Gasteiger partial charge on any atom is 0.125 e. The maximum atomic E-state index is 8.58. The van der Waals surface area contributed by atoms with Crippen LogP contribution in [0.4, 0.5) is 0 Å². The van der Waals surface area contributed by atoms with E-state index >= 15 is 0 Å². The third kappa shape index (κ3) is 1.95. The first-order chi connectivity index (χ1) is 6.29. The molecule has 0 aliphatic carbocycles. The van der Waals surface area contributed by atoms with Gasteiger partial charge < -0.3 is 0 Å². The minimum absolute atomic E-state index is 0.311. The van der Waals surface area contributed by atoms with Crippen LogP contribution in [0.5, 0.6) is 0 Å². The van der Waals surface area contributed by atoms with E-state index in [0.717, 1.165) is 5.56 Å². The first kappa shape index (κ1) is 9.03. The second-order valence-corrected chi connectivity index (χ2v) is 2.51. The van der Waals surface area contributed by atoms with E-state index < -0.39 is 5.92 Å². The molecule has 0 aromatic heterocycles. The predicted octanol–water partition coefficient (Wildman–Crippen LogP) is 2.17. The lowest BCUT2D eigenvalue weighted by molar-refractivity contribution is 1.11. The van der Waals surface area contributed by atoms with Crippen molar-refractivity contribution >= 4 is 5.57 Å². The van der Waals surface area contributed by atoms with Gasteiger partial charge in [-0.15, -0.1) is 12.1 Å². The van der Waals surface area contributed by atoms with Crippen LogP contribution in [0.1, 0.15) is 5.56 Å². The van der Waals surface area contributed by atoms with Crippen LogP contribution in [0.2, 0.25) is 0 Å². The van der Waals surface area contributed by atoms with E-state index in [1.165, 1.54) is 0 Å². The molecule has 0 unspecified atom stereocenters. The monoisotopic (exact) mass is 167 g/mol. The van der Waals surface area contributed by atoms with Crippen molar-refractivity contribution in [2.75, 3.05) is 0 Å². The van der Waals surface area contributed by atoms with Gasteiger partial charge in [-0.2, -0.15) is 21.7 Å². The zero-order valence-corrected chi connectivity index (χ0v) is 6.94. The molecule has 0 atom stereocenters. The third-order valence-electron chi connectivity index (χ3n) is 1.68. The molecule has 1 rings (SSSR count). The number of hydrogen-bond acceptors (Lipinski definition) is 2. The van der Waals surface area contributed by atoms with Crippen molar-refractivity contribution in [1.29, 1.82) is 10.5 Å². The van der Waals surface area contributed by atoms with E-state index in [2.05, 4.69) is 0 Å². The van der Waals surface area contributed by atoms with Gasteiger partial charge in [0.2, 0.25) is 0 Å². The number of nitrogens with zero attached hydrogens (tertiary/aromatic N) is 2. The highest BCUT2D eigenvalue weighted by atomic mass is 14.3. The Kier molecular flexibility index (Phi) is 2.84. The van der Waals surface area contributed by atoms with E-state index in [0.29, 0.717) is 5.57 Å². The minimum Gasteiger partial charge on any atom is -0.287 e. The van der Waals surface area contributed by atoms with Crippen molar-refractivity contribution in [1.82, 2.24) is 0 Å². The topological polar surface area (TPSA) is 47.6 Å². The molecule has 0 N–H and O–H groups in total. The molecule has 0 bridgehead atoms. The van der Waals surface area contributed by atoms with E-state index in [1.54, 1.807) is 12.1 Å². The van der Waals surface area contributed by atoms with Gasteiger partial charge in [0.15, 0.2) is 0 Å². The summed E-state index contributed by atoms with van der Waals surface area (Å²) < 4.78 is 0. The van der Waals surface area contributed by atoms with Crippen molar-refractivity contribution in [3.8, 4) is 12.1 Å². The van der Waals surface area contributed by atoms with Crippen LogP contribution in [-0.2, 0) is 0 Å². The Morgan fingerprint density at radius 2 is 1.69 bits per heavy atom. The molecule has 0 heterocycles. The average molecular weight is 167 g/mol. The lowest BCUT2D eigenvalue weighted by Gasteiger charge is -2.14. The lowest BCUT2D eigenvalue weighted by atomic mass is 9.96. The number of rotatable bonds is 2. The van der Waals surface area contributed by atoms with Crippen molar-refractivity contribution < 1.29 is 0 Å². The first-order valence-electron chi connectivity index (χ1n) is 3.76. The van der Waals surface area contributed by atoms with Crippen molar-refractivity contribution in [3.05, 3.63) is 42.5 Å². The molecule has 0 radical (unpaired) electrons. The van der Waals surface area contributed by atoms with Crippen LogP contribution >= 0.6 is 0 Å². The first-order valence-corrected chi connectivity index (χ1v) is 3.76. The second-order valence-electron chi connectivity index (χ2n) is 2.51. The molecule has 1 aromatic rings. The quantitative estimate of drug-likeness (QED) is 0.633. The summed E-state index contributed by atoms with van der Waals surface area (Å²) in [5.74, 6) is -0.859. The van der Waals surface area contributed by atoms with Crippen LogP contribution in [0.15, 0.2) is 30.3 Å². The second kappa shape index (κ2) is 4.09. The number of hydrogen-bond donors (Lipinski definition) is 0. The fraction of sp³-hybridized carbons (Fsp3) is 0.0909. The number of benzene rings is 1. The molecule has 0 aliphatic rings. The molecule has 0 amide bonds. The highest BCUT2D eigenvalue weighted by Gasteiger charge is 2.03. The Morgan fingerprint density at radius 3 is 2.15 bits per heavy atom. The third-order valence-corrected chi connectivity index (χ3v) is 1.68. The van der Waals surface area contributed by atoms with Gasteiger partial charge in [-0.05, 0) is 0 Å². The summed E-state index contributed by atoms with van der Waals surface area (Å²) in [6.07, 6.45) is 0. The van der Waals surface area contributed by atoms with Crippen molar-refractivity contribution in [3.63, 3.8) is 0 Å². The SMILES string of the molecule is [CH-]=C(c1ccccc1)C(C#N)C#N. The van der Waals surface area contributed by atoms with E-state index in [-0.39, 0.29) is 0 Å². The summed E-state index contributed by atoms with van der Waals surface area (Å²) in [6, 6.07) is 12.7. The largest absolute Gasteiger partial charge is 0.287 e. The van der Waals surface area contributed by atoms with Crippen LogP contribution in [0.25, 0.3) is 5.57 Å². The smallest absolute Gasteiger partial charge is 0.125 e. The van der Waals surface area contributed by atoms with Gasteiger partial charge >= 0.3 is 0 Å². The molecule has 13 heavy (non-hydrogen) atoms. The zero-order chi connectivity index (χ0) is 9.68. The predicted molar refractivity (Wildman–Crippen MR) is 48.9 cm³/mol. The fourth-order valence-electron chi connectivity index (χ4n) is 0.965. The number of nitriles is 2. The Balaban J connectivity index is 2.95. The van der Waals surface area contributed by atoms with Gasteiger partial charge in [0.05, 0.1) is 12.1 Å². The molecular weight excluding hydrogens is 160 g/mol. The van der Waals surface area contributed by atoms with Gasteiger partial charge in [0.1, 0.15) is 5.92 Å². The van der Waals surface area contributed by atoms with Crippen molar-refractivity contribution in [2.45, 2.75) is 0 Å². The van der Waals surface area contributed by atoms with Gasteiger partial charge in [-0.3, -0.25) is 6.58 Å². The molecule has 0 saturated carbocycles. The Labute approximate surface area is 77.4 Å². The van der Waals surface area contributed by atoms with Gasteiger partial charge in [-0.25, -0.2) is 0 Å².